The van der Waals surface area contributed by atoms with Crippen molar-refractivity contribution in [3.63, 3.8) is 0 Å². The summed E-state index contributed by atoms with van der Waals surface area (Å²) in [7, 11) is -1.68. The molecule has 0 aliphatic rings. The second-order valence-corrected chi connectivity index (χ2v) is 21.5. The molecule has 238 valence electrons. The number of halogens is 1. The van der Waals surface area contributed by atoms with Gasteiger partial charge in [0.25, 0.3) is 0 Å². The molecule has 0 unspecified atom stereocenters. The van der Waals surface area contributed by atoms with Crippen LogP contribution in [-0.2, 0) is 17.1 Å². The Labute approximate surface area is 309 Å². The summed E-state index contributed by atoms with van der Waals surface area (Å²) in [6.07, 6.45) is 2.41. The van der Waals surface area contributed by atoms with Gasteiger partial charge in [-0.3, -0.25) is 0 Å². The molecule has 5 heteroatoms. The third-order valence-electron chi connectivity index (χ3n) is 7.29. The van der Waals surface area contributed by atoms with Crippen LogP contribution in [0.1, 0.15) is 5.56 Å². The van der Waals surface area contributed by atoms with Gasteiger partial charge in [0.2, 0.25) is 0 Å². The Balaban J connectivity index is 0.000000336. The monoisotopic (exact) mass is 810 g/mol. The maximum atomic E-state index is 2.36. The maximum absolute atomic E-state index is 2.36. The normalized spacial score (nSPS) is 10.4. The van der Waals surface area contributed by atoms with Gasteiger partial charge in [0.15, 0.2) is 0 Å². The van der Waals surface area contributed by atoms with E-state index >= 15 is 0 Å². The van der Waals surface area contributed by atoms with Crippen LogP contribution in [0.3, 0.4) is 0 Å². The number of hydrogen-bond donors (Lipinski definition) is 0. The summed E-state index contributed by atoms with van der Waals surface area (Å²) in [6, 6.07) is 63.2. The molecule has 0 nitrogen and oxygen atoms in total. The second kappa shape index (κ2) is 21.6. The molecule has 0 amide bonds. The van der Waals surface area contributed by atoms with Crippen molar-refractivity contribution in [3.05, 3.63) is 181 Å². The van der Waals surface area contributed by atoms with Gasteiger partial charge in [-0.2, -0.15) is 17.3 Å². The van der Waals surface area contributed by atoms with E-state index in [4.69, 9.17) is 0 Å². The molecular weight excluding hydrogens is 765 g/mol. The first-order valence-electron chi connectivity index (χ1n) is 15.4. The third kappa shape index (κ3) is 13.5. The SMILES string of the molecule is C[Si](C)(C)[c-]1cccc1.Cc1ccccc1.[Fe+2].[I-].c1ccc(P(CCP(c2ccccc2)c2ccccc2)c2ccccc2)cc1. The van der Waals surface area contributed by atoms with Crippen LogP contribution in [0.5, 0.6) is 0 Å². The standard InChI is InChI=1S/C26H24P2.C8H13Si.C7H8.Fe.HI/c1-5-13-23(14-6-1)27(24-15-7-2-8-16-24)21-22-28(25-17-9-3-10-18-25)26-19-11-4-12-20-26;1-9(2,3)8-6-4-5-7-8;1-7-5-3-2-4-6-7;;/h1-20H,21-22H2;4-7H,1-3H3;2-6H,1H3;;1H/q;-1;;+2;/p-1. The summed E-state index contributed by atoms with van der Waals surface area (Å²) in [6.45, 7) is 9.17. The predicted octanol–water partition coefficient (Wildman–Crippen LogP) is 6.20. The van der Waals surface area contributed by atoms with Crippen molar-refractivity contribution in [1.29, 1.82) is 0 Å². The second-order valence-electron chi connectivity index (χ2n) is 11.7. The Morgan fingerprint density at radius 3 is 0.891 bits per heavy atom. The smallest absolute Gasteiger partial charge is 1.00 e. The van der Waals surface area contributed by atoms with Gasteiger partial charge in [-0.25, -0.2) is 12.1 Å². The van der Waals surface area contributed by atoms with E-state index in [1.165, 1.54) is 39.1 Å². The topological polar surface area (TPSA) is 0 Å². The Hall–Kier alpha value is -2.22. The molecule has 6 rings (SSSR count). The minimum Gasteiger partial charge on any atom is -1.00 e. The minimum absolute atomic E-state index is 0. The molecule has 0 radical (unpaired) electrons. The van der Waals surface area contributed by atoms with Crippen LogP contribution in [0.15, 0.2) is 176 Å². The van der Waals surface area contributed by atoms with Crippen molar-refractivity contribution in [2.24, 2.45) is 0 Å². The molecule has 0 heterocycles. The first-order valence-corrected chi connectivity index (χ1v) is 22.0. The van der Waals surface area contributed by atoms with E-state index in [1.54, 1.807) is 5.19 Å². The molecule has 0 fully saturated rings. The molecular formula is C41H45FeIP2Si. The predicted molar refractivity (Wildman–Crippen MR) is 204 cm³/mol. The molecule has 0 spiro atoms. The zero-order valence-electron chi connectivity index (χ0n) is 27.3. The van der Waals surface area contributed by atoms with Crippen molar-refractivity contribution in [3.8, 4) is 0 Å². The molecule has 0 N–H and O–H groups in total. The van der Waals surface area contributed by atoms with E-state index in [2.05, 4.69) is 184 Å². The van der Waals surface area contributed by atoms with Gasteiger partial charge >= 0.3 is 17.1 Å². The number of rotatable bonds is 8. The summed E-state index contributed by atoms with van der Waals surface area (Å²) in [4.78, 5) is 0. The van der Waals surface area contributed by atoms with Crippen LogP contribution in [-0.4, -0.2) is 20.4 Å². The van der Waals surface area contributed by atoms with Crippen molar-refractivity contribution >= 4 is 50.3 Å². The Morgan fingerprint density at radius 2 is 0.696 bits per heavy atom. The van der Waals surface area contributed by atoms with Gasteiger partial charge in [-0.1, -0.05) is 177 Å². The summed E-state index contributed by atoms with van der Waals surface area (Å²) < 4.78 is 0. The Bertz CT molecular complexity index is 1410. The van der Waals surface area contributed by atoms with Crippen molar-refractivity contribution in [1.82, 2.24) is 0 Å². The van der Waals surface area contributed by atoms with Crippen LogP contribution in [0.4, 0.5) is 0 Å². The average molecular weight is 811 g/mol. The zero-order valence-corrected chi connectivity index (χ0v) is 33.3. The number of hydrogen-bond acceptors (Lipinski definition) is 0. The van der Waals surface area contributed by atoms with Gasteiger partial charge in [-0.15, -0.1) is 0 Å². The number of aryl methyl sites for hydroxylation is 1. The van der Waals surface area contributed by atoms with E-state index in [0.717, 1.165) is 0 Å². The molecule has 0 atom stereocenters. The number of benzene rings is 5. The van der Waals surface area contributed by atoms with Gasteiger partial charge in [-0.05, 0) is 56.3 Å². The quantitative estimate of drug-likeness (QED) is 0.0745. The molecule has 0 saturated carbocycles. The van der Waals surface area contributed by atoms with Crippen LogP contribution in [0.25, 0.3) is 0 Å². The summed E-state index contributed by atoms with van der Waals surface area (Å²) in [5.41, 5.74) is 1.32. The van der Waals surface area contributed by atoms with Crippen LogP contribution in [0.2, 0.25) is 19.6 Å². The fraction of sp³-hybridized carbons (Fsp3) is 0.146. The fourth-order valence-corrected chi connectivity index (χ4v) is 11.4. The van der Waals surface area contributed by atoms with Crippen molar-refractivity contribution in [2.45, 2.75) is 26.6 Å². The molecule has 0 aliphatic heterocycles. The zero-order chi connectivity index (χ0) is 31.0. The molecule has 0 aromatic heterocycles. The van der Waals surface area contributed by atoms with Crippen LogP contribution < -0.4 is 50.4 Å². The van der Waals surface area contributed by atoms with Crippen molar-refractivity contribution < 1.29 is 41.0 Å². The largest absolute Gasteiger partial charge is 2.00 e. The minimum atomic E-state index is -0.981. The summed E-state index contributed by atoms with van der Waals surface area (Å²) in [5.74, 6) is 0. The molecule has 0 aliphatic carbocycles. The summed E-state index contributed by atoms with van der Waals surface area (Å²) >= 11 is 0. The summed E-state index contributed by atoms with van der Waals surface area (Å²) in [5, 5.41) is 7.45. The van der Waals surface area contributed by atoms with Crippen LogP contribution in [0, 0.1) is 6.92 Å². The average Bonchev–Trinajstić information content (AvgIpc) is 3.63. The van der Waals surface area contributed by atoms with E-state index in [9.17, 15) is 0 Å². The molecule has 0 saturated heterocycles. The van der Waals surface area contributed by atoms with E-state index in [0.29, 0.717) is 0 Å². The third-order valence-corrected chi connectivity index (χ3v) is 14.7. The van der Waals surface area contributed by atoms with Gasteiger partial charge < -0.3 is 24.0 Å². The van der Waals surface area contributed by atoms with E-state index in [1.807, 2.05) is 18.2 Å². The van der Waals surface area contributed by atoms with Crippen molar-refractivity contribution in [2.75, 3.05) is 12.3 Å². The fourth-order valence-electron chi connectivity index (χ4n) is 4.85. The van der Waals surface area contributed by atoms with E-state index in [-0.39, 0.29) is 56.9 Å². The Kier molecular flexibility index (Phi) is 18.8. The first kappa shape index (κ1) is 40.0. The van der Waals surface area contributed by atoms with Crippen LogP contribution >= 0.6 is 15.8 Å². The molecule has 46 heavy (non-hydrogen) atoms. The Morgan fingerprint density at radius 1 is 0.435 bits per heavy atom. The van der Waals surface area contributed by atoms with Gasteiger partial charge in [0.1, 0.15) is 0 Å². The van der Waals surface area contributed by atoms with Gasteiger partial charge in [0, 0.05) is 8.07 Å². The van der Waals surface area contributed by atoms with E-state index < -0.39 is 8.07 Å². The maximum Gasteiger partial charge on any atom is 2.00 e. The molecule has 6 aromatic rings. The molecule has 0 bridgehead atoms. The molecule has 6 aromatic carbocycles. The van der Waals surface area contributed by atoms with Gasteiger partial charge in [0.05, 0.1) is 0 Å². The first-order chi connectivity index (χ1) is 21.4.